The van der Waals surface area contributed by atoms with Crippen molar-refractivity contribution >= 4 is 38.7 Å². The number of anilines is 1. The Morgan fingerprint density at radius 3 is 2.42 bits per heavy atom. The van der Waals surface area contributed by atoms with E-state index in [1.807, 2.05) is 30.3 Å². The van der Waals surface area contributed by atoms with Crippen LogP contribution in [0.1, 0.15) is 34.5 Å². The van der Waals surface area contributed by atoms with Crippen LogP contribution in [0.4, 0.5) is 14.9 Å². The maximum Gasteiger partial charge on any atom is 0.410 e. The summed E-state index contributed by atoms with van der Waals surface area (Å²) in [7, 11) is -2.26. The Bertz CT molecular complexity index is 1690. The molecule has 0 saturated carbocycles. The number of amides is 2. The van der Waals surface area contributed by atoms with Gasteiger partial charge in [-0.2, -0.15) is 0 Å². The third-order valence-corrected chi connectivity index (χ3v) is 8.15. The van der Waals surface area contributed by atoms with Crippen molar-refractivity contribution in [3.63, 3.8) is 0 Å². The zero-order chi connectivity index (χ0) is 28.6. The molecule has 0 spiro atoms. The molecule has 1 aromatic heterocycles. The molecule has 1 unspecified atom stereocenters. The lowest BCUT2D eigenvalue weighted by Gasteiger charge is -2.26. The lowest BCUT2D eigenvalue weighted by Crippen LogP contribution is -2.38. The Balaban J connectivity index is 1.63. The number of benzene rings is 3. The van der Waals surface area contributed by atoms with Gasteiger partial charge in [0.15, 0.2) is 0 Å². The molecule has 2 amide bonds. The number of nitrogens with one attached hydrogen (secondary N) is 1. The Hall–Kier alpha value is -4.38. The molecule has 9 nitrogen and oxygen atoms in total. The minimum absolute atomic E-state index is 0.00402. The number of rotatable bonds is 5. The molecular formula is C29H28FN3O6S. The normalized spacial score (nSPS) is 15.4. The summed E-state index contributed by atoms with van der Waals surface area (Å²) in [6.45, 7) is 1.92. The summed E-state index contributed by atoms with van der Waals surface area (Å²) in [6, 6.07) is 17.4. The first-order valence-electron chi connectivity index (χ1n) is 12.6. The molecule has 5 rings (SSSR count). The Morgan fingerprint density at radius 2 is 1.77 bits per heavy atom. The second kappa shape index (κ2) is 10.6. The fourth-order valence-corrected chi connectivity index (χ4v) is 5.86. The number of carbonyl (C=O) groups excluding carboxylic acids is 2. The quantitative estimate of drug-likeness (QED) is 0.362. The molecule has 1 aliphatic rings. The smallest absolute Gasteiger partial charge is 0.410 e. The van der Waals surface area contributed by atoms with Crippen molar-refractivity contribution in [2.24, 2.45) is 0 Å². The summed E-state index contributed by atoms with van der Waals surface area (Å²) in [6.07, 6.45) is 0.500. The van der Waals surface area contributed by atoms with Crippen LogP contribution in [0.3, 0.4) is 0 Å². The zero-order valence-corrected chi connectivity index (χ0v) is 23.0. The van der Waals surface area contributed by atoms with E-state index in [-0.39, 0.29) is 36.6 Å². The van der Waals surface area contributed by atoms with Gasteiger partial charge in [-0.25, -0.2) is 17.6 Å². The van der Waals surface area contributed by atoms with Gasteiger partial charge < -0.3 is 14.5 Å². The number of fused-ring (bicyclic) bond motifs is 2. The van der Waals surface area contributed by atoms with Crippen molar-refractivity contribution in [3.05, 3.63) is 89.2 Å². The Morgan fingerprint density at radius 1 is 1.07 bits per heavy atom. The van der Waals surface area contributed by atoms with E-state index in [0.717, 1.165) is 11.8 Å². The minimum Gasteiger partial charge on any atom is -0.455 e. The van der Waals surface area contributed by atoms with Gasteiger partial charge in [0.1, 0.15) is 23.8 Å². The van der Waals surface area contributed by atoms with Gasteiger partial charge in [-0.05, 0) is 48.4 Å². The van der Waals surface area contributed by atoms with Gasteiger partial charge in [0, 0.05) is 30.6 Å². The van der Waals surface area contributed by atoms with Crippen LogP contribution in [0.15, 0.2) is 71.1 Å². The molecule has 1 atom stereocenters. The van der Waals surface area contributed by atoms with Crippen LogP contribution in [0.25, 0.3) is 22.3 Å². The molecule has 0 bridgehead atoms. The van der Waals surface area contributed by atoms with Crippen molar-refractivity contribution in [3.8, 4) is 11.3 Å². The number of furan rings is 1. The number of carbonyl (C=O) groups is 2. The van der Waals surface area contributed by atoms with Crippen molar-refractivity contribution in [2.75, 3.05) is 30.7 Å². The number of hydrogen-bond donors (Lipinski definition) is 1. The lowest BCUT2D eigenvalue weighted by atomic mass is 9.99. The summed E-state index contributed by atoms with van der Waals surface area (Å²) < 4.78 is 52.3. The van der Waals surface area contributed by atoms with Crippen LogP contribution in [0.5, 0.6) is 0 Å². The molecule has 0 saturated heterocycles. The predicted octanol–water partition coefficient (Wildman–Crippen LogP) is 5.08. The highest BCUT2D eigenvalue weighted by Crippen LogP contribution is 2.42. The number of nitrogens with zero attached hydrogens (tertiary/aromatic N) is 2. The first-order valence-corrected chi connectivity index (χ1v) is 14.5. The summed E-state index contributed by atoms with van der Waals surface area (Å²) >= 11 is 0. The van der Waals surface area contributed by atoms with Crippen molar-refractivity contribution in [1.29, 1.82) is 0 Å². The van der Waals surface area contributed by atoms with Crippen molar-refractivity contribution in [1.82, 2.24) is 10.2 Å². The highest BCUT2D eigenvalue weighted by atomic mass is 32.2. The average Bonchev–Trinajstić information content (AvgIpc) is 3.24. The standard InChI is InChI=1S/C29H28FN3O6S/c1-18-22-15-23-25(39-27(26(23)28(34)31-2)20-9-11-21(30)12-10-20)16-24(22)33(40(3,36)37)14-13-32(18)29(35)38-17-19-7-5-4-6-8-19/h4-12,15-16,18H,13-14,17H2,1-3H3,(H,31,34). The van der Waals surface area contributed by atoms with Crippen LogP contribution in [-0.4, -0.2) is 51.7 Å². The number of sulfonamides is 1. The van der Waals surface area contributed by atoms with Crippen LogP contribution in [0, 0.1) is 5.82 Å². The SMILES string of the molecule is CNC(=O)c1c(-c2ccc(F)cc2)oc2cc3c(cc12)C(C)N(C(=O)OCc1ccccc1)CCN3S(C)(=O)=O. The molecule has 3 aromatic carbocycles. The largest absolute Gasteiger partial charge is 0.455 e. The van der Waals surface area contributed by atoms with Crippen LogP contribution in [0.2, 0.25) is 0 Å². The molecule has 0 fully saturated rings. The monoisotopic (exact) mass is 565 g/mol. The molecular weight excluding hydrogens is 537 g/mol. The minimum atomic E-state index is -3.75. The molecule has 4 aromatic rings. The summed E-state index contributed by atoms with van der Waals surface area (Å²) in [5, 5.41) is 3.04. The van der Waals surface area contributed by atoms with Crippen molar-refractivity contribution < 1.29 is 31.6 Å². The maximum absolute atomic E-state index is 13.6. The van der Waals surface area contributed by atoms with Gasteiger partial charge in [-0.1, -0.05) is 30.3 Å². The van der Waals surface area contributed by atoms with Crippen LogP contribution in [-0.2, 0) is 21.4 Å². The third kappa shape index (κ3) is 5.12. The van der Waals surface area contributed by atoms with Gasteiger partial charge >= 0.3 is 6.09 Å². The molecule has 11 heteroatoms. The van der Waals surface area contributed by atoms with Gasteiger partial charge in [-0.3, -0.25) is 14.0 Å². The molecule has 40 heavy (non-hydrogen) atoms. The Labute approximate surface area is 231 Å². The molecule has 1 aliphatic heterocycles. The van der Waals surface area contributed by atoms with Gasteiger partial charge in [0.05, 0.1) is 30.1 Å². The van der Waals surface area contributed by atoms with E-state index in [9.17, 15) is 22.4 Å². The highest BCUT2D eigenvalue weighted by Gasteiger charge is 2.35. The van der Waals surface area contributed by atoms with Crippen LogP contribution >= 0.6 is 0 Å². The van der Waals surface area contributed by atoms with E-state index < -0.39 is 33.9 Å². The molecule has 2 heterocycles. The number of hydrogen-bond acceptors (Lipinski definition) is 6. The second-order valence-electron chi connectivity index (χ2n) is 9.54. The summed E-state index contributed by atoms with van der Waals surface area (Å²) in [5.74, 6) is -0.657. The first kappa shape index (κ1) is 27.2. The first-order chi connectivity index (χ1) is 19.1. The zero-order valence-electron chi connectivity index (χ0n) is 22.2. The molecule has 0 radical (unpaired) electrons. The second-order valence-corrected chi connectivity index (χ2v) is 11.5. The lowest BCUT2D eigenvalue weighted by molar-refractivity contribution is 0.0852. The predicted molar refractivity (Wildman–Crippen MR) is 149 cm³/mol. The number of ether oxygens (including phenoxy) is 1. The fourth-order valence-electron chi connectivity index (χ4n) is 4.93. The number of halogens is 1. The van der Waals surface area contributed by atoms with E-state index >= 15 is 0 Å². The topological polar surface area (TPSA) is 109 Å². The molecule has 1 N–H and O–H groups in total. The maximum atomic E-state index is 13.6. The molecule has 208 valence electrons. The molecule has 0 aliphatic carbocycles. The van der Waals surface area contributed by atoms with Gasteiger partial charge in [-0.15, -0.1) is 0 Å². The van der Waals surface area contributed by atoms with E-state index in [0.29, 0.717) is 22.2 Å². The van der Waals surface area contributed by atoms with Crippen LogP contribution < -0.4 is 9.62 Å². The summed E-state index contributed by atoms with van der Waals surface area (Å²) in [4.78, 5) is 27.7. The van der Waals surface area contributed by atoms with E-state index in [1.165, 1.54) is 40.5 Å². The summed E-state index contributed by atoms with van der Waals surface area (Å²) in [5.41, 5.74) is 2.63. The van der Waals surface area contributed by atoms with Gasteiger partial charge in [0.2, 0.25) is 10.0 Å². The fraction of sp³-hybridized carbons (Fsp3) is 0.241. The highest BCUT2D eigenvalue weighted by molar-refractivity contribution is 7.92. The Kier molecular flexibility index (Phi) is 7.24. The van der Waals surface area contributed by atoms with Gasteiger partial charge in [0.25, 0.3) is 5.91 Å². The van der Waals surface area contributed by atoms with Crippen molar-refractivity contribution in [2.45, 2.75) is 19.6 Å². The van der Waals surface area contributed by atoms with E-state index in [4.69, 9.17) is 9.15 Å². The third-order valence-electron chi connectivity index (χ3n) is 6.97. The van der Waals surface area contributed by atoms with E-state index in [2.05, 4.69) is 5.32 Å². The van der Waals surface area contributed by atoms with E-state index in [1.54, 1.807) is 19.1 Å². The average molecular weight is 566 g/mol.